The number of hydrogen-bond acceptors (Lipinski definition) is 3. The Morgan fingerprint density at radius 1 is 1.41 bits per heavy atom. The largest absolute Gasteiger partial charge is 0.324 e. The molecule has 0 saturated carbocycles. The van der Waals surface area contributed by atoms with E-state index in [4.69, 9.17) is 17.3 Å². The van der Waals surface area contributed by atoms with Crippen molar-refractivity contribution in [2.75, 3.05) is 0 Å². The molecule has 0 aromatic carbocycles. The maximum atomic E-state index is 6.14. The highest BCUT2D eigenvalue weighted by molar-refractivity contribution is 6.31. The summed E-state index contributed by atoms with van der Waals surface area (Å²) in [4.78, 5) is 4.35. The van der Waals surface area contributed by atoms with Crippen molar-refractivity contribution in [2.45, 2.75) is 26.8 Å². The Morgan fingerprint density at radius 3 is 2.65 bits per heavy atom. The maximum Gasteiger partial charge on any atom is 0.158 e. The Balaban J connectivity index is 2.64. The highest BCUT2D eigenvalue weighted by Gasteiger charge is 2.15. The van der Waals surface area contributed by atoms with Gasteiger partial charge in [-0.05, 0) is 26.8 Å². The van der Waals surface area contributed by atoms with Gasteiger partial charge < -0.3 is 5.73 Å². The van der Waals surface area contributed by atoms with Gasteiger partial charge in [0.1, 0.15) is 0 Å². The molecule has 0 spiro atoms. The third-order valence-corrected chi connectivity index (χ3v) is 3.26. The summed E-state index contributed by atoms with van der Waals surface area (Å²) in [7, 11) is 0. The van der Waals surface area contributed by atoms with Crippen LogP contribution in [0.2, 0.25) is 5.02 Å². The predicted octanol–water partition coefficient (Wildman–Crippen LogP) is 2.56. The molecule has 0 saturated heterocycles. The van der Waals surface area contributed by atoms with Crippen LogP contribution in [0.1, 0.15) is 29.9 Å². The van der Waals surface area contributed by atoms with Gasteiger partial charge in [-0.15, -0.1) is 0 Å². The SMILES string of the molecule is Cc1nn(-c2ncccc2[C@@H](C)N)c(C)c1Cl. The Morgan fingerprint density at radius 2 is 2.12 bits per heavy atom. The van der Waals surface area contributed by atoms with Crippen molar-refractivity contribution in [1.82, 2.24) is 14.8 Å². The monoisotopic (exact) mass is 250 g/mol. The second kappa shape index (κ2) is 4.47. The summed E-state index contributed by atoms with van der Waals surface area (Å²) in [5, 5.41) is 5.06. The minimum absolute atomic E-state index is 0.0959. The highest BCUT2D eigenvalue weighted by Crippen LogP contribution is 2.24. The molecule has 90 valence electrons. The van der Waals surface area contributed by atoms with Crippen LogP contribution in [0, 0.1) is 13.8 Å². The number of hydrogen-bond donors (Lipinski definition) is 1. The first-order valence-corrected chi connectivity index (χ1v) is 5.82. The molecule has 0 unspecified atom stereocenters. The van der Waals surface area contributed by atoms with E-state index < -0.39 is 0 Å². The van der Waals surface area contributed by atoms with Crippen LogP contribution in [-0.2, 0) is 0 Å². The molecule has 0 bridgehead atoms. The summed E-state index contributed by atoms with van der Waals surface area (Å²) in [6, 6.07) is 3.73. The van der Waals surface area contributed by atoms with E-state index in [0.29, 0.717) is 5.02 Å². The van der Waals surface area contributed by atoms with Crippen molar-refractivity contribution in [2.24, 2.45) is 5.73 Å². The zero-order valence-electron chi connectivity index (χ0n) is 10.1. The lowest BCUT2D eigenvalue weighted by Gasteiger charge is -2.12. The third kappa shape index (κ3) is 2.06. The second-order valence-electron chi connectivity index (χ2n) is 4.10. The maximum absolute atomic E-state index is 6.14. The van der Waals surface area contributed by atoms with E-state index in [-0.39, 0.29) is 6.04 Å². The lowest BCUT2D eigenvalue weighted by Crippen LogP contribution is -2.12. The topological polar surface area (TPSA) is 56.7 Å². The fraction of sp³-hybridized carbons (Fsp3) is 0.333. The van der Waals surface area contributed by atoms with Gasteiger partial charge in [0.25, 0.3) is 0 Å². The van der Waals surface area contributed by atoms with Crippen molar-refractivity contribution in [3.8, 4) is 5.82 Å². The van der Waals surface area contributed by atoms with E-state index in [9.17, 15) is 0 Å². The van der Waals surface area contributed by atoms with Gasteiger partial charge in [-0.25, -0.2) is 9.67 Å². The van der Waals surface area contributed by atoms with Gasteiger partial charge in [0.05, 0.1) is 16.4 Å². The average molecular weight is 251 g/mol. The fourth-order valence-electron chi connectivity index (χ4n) is 1.77. The lowest BCUT2D eigenvalue weighted by atomic mass is 10.1. The van der Waals surface area contributed by atoms with Crippen LogP contribution in [0.4, 0.5) is 0 Å². The molecular formula is C12H15ClN4. The lowest BCUT2D eigenvalue weighted by molar-refractivity contribution is 0.745. The molecule has 0 aliphatic carbocycles. The number of halogens is 1. The molecule has 2 aromatic heterocycles. The molecule has 4 nitrogen and oxygen atoms in total. The summed E-state index contributed by atoms with van der Waals surface area (Å²) < 4.78 is 1.75. The van der Waals surface area contributed by atoms with Gasteiger partial charge in [-0.2, -0.15) is 5.10 Å². The van der Waals surface area contributed by atoms with E-state index in [0.717, 1.165) is 22.8 Å². The summed E-state index contributed by atoms with van der Waals surface area (Å²) in [5.41, 5.74) is 8.56. The first kappa shape index (κ1) is 12.1. The molecule has 1 atom stereocenters. The smallest absolute Gasteiger partial charge is 0.158 e. The molecule has 0 amide bonds. The van der Waals surface area contributed by atoms with Crippen molar-refractivity contribution >= 4 is 11.6 Å². The molecule has 0 radical (unpaired) electrons. The second-order valence-corrected chi connectivity index (χ2v) is 4.48. The van der Waals surface area contributed by atoms with E-state index in [1.54, 1.807) is 10.9 Å². The zero-order chi connectivity index (χ0) is 12.6. The minimum atomic E-state index is -0.0959. The van der Waals surface area contributed by atoms with Gasteiger partial charge in [0.15, 0.2) is 5.82 Å². The molecule has 0 fully saturated rings. The third-order valence-electron chi connectivity index (χ3n) is 2.71. The quantitative estimate of drug-likeness (QED) is 0.891. The molecule has 17 heavy (non-hydrogen) atoms. The number of pyridine rings is 1. The first-order chi connectivity index (χ1) is 8.02. The van der Waals surface area contributed by atoms with E-state index in [1.807, 2.05) is 32.9 Å². The predicted molar refractivity (Wildman–Crippen MR) is 68.4 cm³/mol. The van der Waals surface area contributed by atoms with Crippen LogP contribution < -0.4 is 5.73 Å². The number of nitrogens with two attached hydrogens (primary N) is 1. The van der Waals surface area contributed by atoms with Gasteiger partial charge >= 0.3 is 0 Å². The molecule has 2 aromatic rings. The summed E-state index contributed by atoms with van der Waals surface area (Å²) in [5.74, 6) is 0.745. The Kier molecular flexibility index (Phi) is 3.17. The minimum Gasteiger partial charge on any atom is -0.324 e. The van der Waals surface area contributed by atoms with Crippen LogP contribution in [0.15, 0.2) is 18.3 Å². The molecule has 2 heterocycles. The van der Waals surface area contributed by atoms with Crippen LogP contribution in [0.25, 0.3) is 5.82 Å². The molecular weight excluding hydrogens is 236 g/mol. The molecule has 0 aliphatic heterocycles. The van der Waals surface area contributed by atoms with Gasteiger partial charge in [-0.3, -0.25) is 0 Å². The first-order valence-electron chi connectivity index (χ1n) is 5.45. The van der Waals surface area contributed by atoms with Crippen LogP contribution in [0.5, 0.6) is 0 Å². The summed E-state index contributed by atoms with van der Waals surface area (Å²) >= 11 is 6.14. The van der Waals surface area contributed by atoms with Gasteiger partial charge in [-0.1, -0.05) is 17.7 Å². The normalized spacial score (nSPS) is 12.8. The van der Waals surface area contributed by atoms with Crippen LogP contribution in [-0.4, -0.2) is 14.8 Å². The Bertz CT molecular complexity index is 545. The van der Waals surface area contributed by atoms with E-state index in [2.05, 4.69) is 10.1 Å². The number of nitrogens with zero attached hydrogens (tertiary/aromatic N) is 3. The highest BCUT2D eigenvalue weighted by atomic mass is 35.5. The zero-order valence-corrected chi connectivity index (χ0v) is 10.9. The van der Waals surface area contributed by atoms with Crippen LogP contribution in [0.3, 0.4) is 0 Å². The van der Waals surface area contributed by atoms with Crippen molar-refractivity contribution in [1.29, 1.82) is 0 Å². The standard InChI is InChI=1S/C12H15ClN4/c1-7(14)10-5-4-6-15-12(10)17-9(3)11(13)8(2)16-17/h4-7H,14H2,1-3H3/t7-/m1/s1. The molecule has 0 aliphatic rings. The van der Waals surface area contributed by atoms with Gasteiger partial charge in [0.2, 0.25) is 0 Å². The molecule has 5 heteroatoms. The Labute approximate surface area is 105 Å². The molecule has 2 N–H and O–H groups in total. The molecule has 2 rings (SSSR count). The number of rotatable bonds is 2. The average Bonchev–Trinajstić information content (AvgIpc) is 2.57. The van der Waals surface area contributed by atoms with E-state index >= 15 is 0 Å². The fourth-order valence-corrected chi connectivity index (χ4v) is 1.89. The van der Waals surface area contributed by atoms with Crippen LogP contribution >= 0.6 is 11.6 Å². The van der Waals surface area contributed by atoms with Gasteiger partial charge in [0, 0.05) is 17.8 Å². The number of aromatic nitrogens is 3. The number of aryl methyl sites for hydroxylation is 1. The summed E-state index contributed by atoms with van der Waals surface area (Å²) in [6.45, 7) is 5.72. The Hall–Kier alpha value is -1.39. The van der Waals surface area contributed by atoms with Crippen molar-refractivity contribution in [3.63, 3.8) is 0 Å². The summed E-state index contributed by atoms with van der Waals surface area (Å²) in [6.07, 6.45) is 1.73. The van der Waals surface area contributed by atoms with E-state index in [1.165, 1.54) is 0 Å². The van der Waals surface area contributed by atoms with Crippen molar-refractivity contribution < 1.29 is 0 Å². The van der Waals surface area contributed by atoms with Crippen molar-refractivity contribution in [3.05, 3.63) is 40.3 Å².